The van der Waals surface area contributed by atoms with Crippen molar-refractivity contribution in [2.24, 2.45) is 4.99 Å². The van der Waals surface area contributed by atoms with Crippen molar-refractivity contribution in [1.82, 2.24) is 15.5 Å². The summed E-state index contributed by atoms with van der Waals surface area (Å²) in [7, 11) is 0. The molecule has 0 radical (unpaired) electrons. The van der Waals surface area contributed by atoms with Gasteiger partial charge in [0.05, 0.1) is 0 Å². The zero-order valence-electron chi connectivity index (χ0n) is 16.9. The van der Waals surface area contributed by atoms with E-state index in [-0.39, 0.29) is 11.8 Å². The maximum Gasteiger partial charge on any atom is 0.222 e. The summed E-state index contributed by atoms with van der Waals surface area (Å²) in [5, 5.41) is 6.48. The first kappa shape index (κ1) is 22.1. The van der Waals surface area contributed by atoms with Crippen LogP contribution >= 0.6 is 0 Å². The first-order valence-corrected chi connectivity index (χ1v) is 10.3. The summed E-state index contributed by atoms with van der Waals surface area (Å²) in [4.78, 5) is 18.5. The summed E-state index contributed by atoms with van der Waals surface area (Å²) in [5.74, 6) is -0.739. The number of hydrogen-bond donors (Lipinski definition) is 2. The average molecular weight is 395 g/mol. The molecule has 0 spiro atoms. The van der Waals surface area contributed by atoms with Crippen molar-refractivity contribution in [2.75, 3.05) is 32.7 Å². The van der Waals surface area contributed by atoms with E-state index in [0.717, 1.165) is 63.5 Å². The summed E-state index contributed by atoms with van der Waals surface area (Å²) in [6, 6.07) is 3.98. The van der Waals surface area contributed by atoms with E-state index < -0.39 is 11.6 Å². The van der Waals surface area contributed by atoms with Gasteiger partial charge >= 0.3 is 0 Å². The van der Waals surface area contributed by atoms with Crippen LogP contribution in [-0.4, -0.2) is 49.5 Å². The fourth-order valence-corrected chi connectivity index (χ4v) is 3.25. The number of benzene rings is 1. The van der Waals surface area contributed by atoms with E-state index in [1.807, 2.05) is 18.7 Å². The number of carbonyl (C=O) groups is 1. The molecule has 0 saturated carbocycles. The Balaban J connectivity index is 1.80. The minimum absolute atomic E-state index is 0.0275. The molecule has 1 aliphatic heterocycles. The normalized spacial score (nSPS) is 16.6. The molecule has 1 heterocycles. The van der Waals surface area contributed by atoms with E-state index in [2.05, 4.69) is 15.6 Å². The van der Waals surface area contributed by atoms with Crippen molar-refractivity contribution < 1.29 is 13.6 Å². The Kier molecular flexibility index (Phi) is 9.17. The molecule has 0 aliphatic carbocycles. The lowest BCUT2D eigenvalue weighted by molar-refractivity contribution is -0.130. The molecule has 156 valence electrons. The molecular weight excluding hydrogens is 362 g/mol. The molecule has 28 heavy (non-hydrogen) atoms. The first-order chi connectivity index (χ1) is 13.5. The highest BCUT2D eigenvalue weighted by Crippen LogP contribution is 2.18. The topological polar surface area (TPSA) is 56.7 Å². The van der Waals surface area contributed by atoms with Crippen LogP contribution in [-0.2, 0) is 4.79 Å². The number of hydrogen-bond acceptors (Lipinski definition) is 2. The van der Waals surface area contributed by atoms with Crippen molar-refractivity contribution in [2.45, 2.75) is 51.9 Å². The monoisotopic (exact) mass is 394 g/mol. The van der Waals surface area contributed by atoms with Crippen molar-refractivity contribution >= 4 is 11.9 Å². The zero-order chi connectivity index (χ0) is 20.4. The minimum atomic E-state index is -0.836. The van der Waals surface area contributed by atoms with Crippen LogP contribution in [0.4, 0.5) is 8.78 Å². The van der Waals surface area contributed by atoms with Crippen molar-refractivity contribution in [3.63, 3.8) is 0 Å². The van der Waals surface area contributed by atoms with Gasteiger partial charge < -0.3 is 15.5 Å². The number of amides is 1. The third-order valence-corrected chi connectivity index (χ3v) is 4.95. The van der Waals surface area contributed by atoms with Gasteiger partial charge in [0.25, 0.3) is 0 Å². The van der Waals surface area contributed by atoms with Crippen molar-refractivity contribution in [3.8, 4) is 0 Å². The largest absolute Gasteiger partial charge is 0.357 e. The first-order valence-electron chi connectivity index (χ1n) is 10.3. The van der Waals surface area contributed by atoms with E-state index in [1.165, 1.54) is 6.07 Å². The molecule has 2 rings (SSSR count). The molecule has 1 aromatic rings. The lowest BCUT2D eigenvalue weighted by Gasteiger charge is -2.21. The molecule has 7 heteroatoms. The summed E-state index contributed by atoms with van der Waals surface area (Å²) in [5.41, 5.74) is 0.721. The molecule has 1 saturated heterocycles. The Labute approximate surface area is 166 Å². The van der Waals surface area contributed by atoms with Gasteiger partial charge in [0.15, 0.2) is 17.6 Å². The molecule has 1 unspecified atom stereocenters. The Morgan fingerprint density at radius 1 is 1.21 bits per heavy atom. The van der Waals surface area contributed by atoms with Crippen LogP contribution in [0.5, 0.6) is 0 Å². The highest BCUT2D eigenvalue weighted by molar-refractivity contribution is 5.79. The second kappa shape index (κ2) is 11.6. The third-order valence-electron chi connectivity index (χ3n) is 4.95. The molecule has 1 aromatic carbocycles. The Bertz CT molecular complexity index is 666. The Hall–Kier alpha value is -2.18. The summed E-state index contributed by atoms with van der Waals surface area (Å²) in [6.45, 7) is 7.46. The molecule has 2 N–H and O–H groups in total. The maximum atomic E-state index is 13.4. The lowest BCUT2D eigenvalue weighted by atomic mass is 10.0. The lowest BCUT2D eigenvalue weighted by Crippen LogP contribution is -2.39. The van der Waals surface area contributed by atoms with Gasteiger partial charge in [-0.15, -0.1) is 0 Å². The SMILES string of the molecule is CCNC(=NCC(C)c1ccc(F)c(F)c1)NCCCN1CCCCCC1=O. The van der Waals surface area contributed by atoms with E-state index in [1.54, 1.807) is 6.07 Å². The summed E-state index contributed by atoms with van der Waals surface area (Å²) in [6.07, 6.45) is 4.74. The molecule has 5 nitrogen and oxygen atoms in total. The summed E-state index contributed by atoms with van der Waals surface area (Å²) < 4.78 is 26.5. The zero-order valence-corrected chi connectivity index (χ0v) is 16.9. The smallest absolute Gasteiger partial charge is 0.222 e. The fraction of sp³-hybridized carbons (Fsp3) is 0.619. The van der Waals surface area contributed by atoms with Gasteiger partial charge in [-0.2, -0.15) is 0 Å². The number of rotatable bonds is 8. The highest BCUT2D eigenvalue weighted by Gasteiger charge is 2.15. The summed E-state index contributed by atoms with van der Waals surface area (Å²) >= 11 is 0. The van der Waals surface area contributed by atoms with E-state index >= 15 is 0 Å². The number of nitrogens with one attached hydrogen (secondary N) is 2. The van der Waals surface area contributed by atoms with Gasteiger partial charge in [-0.05, 0) is 43.9 Å². The van der Waals surface area contributed by atoms with Crippen LogP contribution in [0, 0.1) is 11.6 Å². The highest BCUT2D eigenvalue weighted by atomic mass is 19.2. The second-order valence-corrected chi connectivity index (χ2v) is 7.27. The van der Waals surface area contributed by atoms with Crippen LogP contribution < -0.4 is 10.6 Å². The minimum Gasteiger partial charge on any atom is -0.357 e. The second-order valence-electron chi connectivity index (χ2n) is 7.27. The van der Waals surface area contributed by atoms with E-state index in [9.17, 15) is 13.6 Å². The molecule has 0 aromatic heterocycles. The molecule has 0 bridgehead atoms. The van der Waals surface area contributed by atoms with Crippen molar-refractivity contribution in [3.05, 3.63) is 35.4 Å². The third kappa shape index (κ3) is 7.09. The van der Waals surface area contributed by atoms with Gasteiger partial charge in [-0.3, -0.25) is 9.79 Å². The quantitative estimate of drug-likeness (QED) is 0.404. The number of aliphatic imine (C=N–C) groups is 1. The van der Waals surface area contributed by atoms with E-state index in [4.69, 9.17) is 0 Å². The standard InChI is InChI=1S/C21H32F2N4O/c1-3-24-21(25-11-7-13-27-12-6-4-5-8-20(27)28)26-15-16(2)17-9-10-18(22)19(23)14-17/h9-10,14,16H,3-8,11-13,15H2,1-2H3,(H2,24,25,26). The average Bonchev–Trinajstić information content (AvgIpc) is 2.89. The van der Waals surface area contributed by atoms with Crippen LogP contribution in [0.3, 0.4) is 0 Å². The number of carbonyl (C=O) groups excluding carboxylic acids is 1. The number of likely N-dealkylation sites (tertiary alicyclic amines) is 1. The number of halogens is 2. The molecule has 1 aliphatic rings. The van der Waals surface area contributed by atoms with Crippen LogP contribution in [0.1, 0.15) is 57.4 Å². The molecule has 1 amide bonds. The maximum absolute atomic E-state index is 13.4. The predicted octanol–water partition coefficient (Wildman–Crippen LogP) is 3.42. The van der Waals surface area contributed by atoms with Crippen molar-refractivity contribution in [1.29, 1.82) is 0 Å². The van der Waals surface area contributed by atoms with Gasteiger partial charge in [-0.25, -0.2) is 8.78 Å². The Morgan fingerprint density at radius 3 is 2.79 bits per heavy atom. The number of nitrogens with zero attached hydrogens (tertiary/aromatic N) is 2. The molecular formula is C21H32F2N4O. The molecule has 1 atom stereocenters. The van der Waals surface area contributed by atoms with E-state index in [0.29, 0.717) is 18.9 Å². The predicted molar refractivity (Wildman–Crippen MR) is 108 cm³/mol. The van der Waals surface area contributed by atoms with Gasteiger partial charge in [0.2, 0.25) is 5.91 Å². The molecule has 1 fully saturated rings. The van der Waals surface area contributed by atoms with Crippen LogP contribution in [0.2, 0.25) is 0 Å². The Morgan fingerprint density at radius 2 is 2.04 bits per heavy atom. The van der Waals surface area contributed by atoms with Gasteiger partial charge in [0, 0.05) is 45.1 Å². The van der Waals surface area contributed by atoms with Crippen LogP contribution in [0.15, 0.2) is 23.2 Å². The van der Waals surface area contributed by atoms with Crippen LogP contribution in [0.25, 0.3) is 0 Å². The number of guanidine groups is 1. The van der Waals surface area contributed by atoms with Gasteiger partial charge in [-0.1, -0.05) is 19.4 Å². The fourth-order valence-electron chi connectivity index (χ4n) is 3.25. The van der Waals surface area contributed by atoms with Gasteiger partial charge in [0.1, 0.15) is 0 Å².